The highest BCUT2D eigenvalue weighted by atomic mass is 32.1. The summed E-state index contributed by atoms with van der Waals surface area (Å²) in [5.74, 6) is 1.34. The molecule has 2 rings (SSSR count). The minimum atomic E-state index is 0.278. The van der Waals surface area contributed by atoms with Crippen LogP contribution < -0.4 is 10.6 Å². The minimum absolute atomic E-state index is 0.278. The van der Waals surface area contributed by atoms with Crippen molar-refractivity contribution in [3.63, 3.8) is 0 Å². The third-order valence-corrected chi connectivity index (χ3v) is 4.35. The molecule has 0 aromatic carbocycles. The van der Waals surface area contributed by atoms with Gasteiger partial charge in [0.15, 0.2) is 0 Å². The van der Waals surface area contributed by atoms with E-state index in [0.717, 1.165) is 17.4 Å². The molecule has 1 fully saturated rings. The smallest absolute Gasteiger partial charge is 0.205 e. The highest BCUT2D eigenvalue weighted by Gasteiger charge is 2.27. The van der Waals surface area contributed by atoms with Gasteiger partial charge in [-0.25, -0.2) is 4.98 Å². The zero-order valence-electron chi connectivity index (χ0n) is 10.9. The fourth-order valence-electron chi connectivity index (χ4n) is 2.37. The number of anilines is 1. The van der Waals surface area contributed by atoms with Crippen molar-refractivity contribution in [1.82, 2.24) is 9.36 Å². The molecule has 0 saturated heterocycles. The Morgan fingerprint density at radius 2 is 2.06 bits per heavy atom. The van der Waals surface area contributed by atoms with Crippen LogP contribution in [0.25, 0.3) is 0 Å². The fraction of sp³-hybridized carbons (Fsp3) is 0.833. The van der Waals surface area contributed by atoms with Crippen molar-refractivity contribution < 1.29 is 0 Å². The van der Waals surface area contributed by atoms with Crippen molar-refractivity contribution in [3.05, 3.63) is 5.82 Å². The van der Waals surface area contributed by atoms with E-state index in [4.69, 9.17) is 5.73 Å². The number of hydrogen-bond acceptors (Lipinski definition) is 5. The summed E-state index contributed by atoms with van der Waals surface area (Å²) in [5, 5.41) is 1.01. The standard InChI is InChI=1S/C12H22N4S/c1-8(2)11-14-12(17-15-11)16(3)10-7-5-4-6-9(10)13/h8-10H,4-7,13H2,1-3H3. The fourth-order valence-corrected chi connectivity index (χ4v) is 3.19. The molecule has 1 heterocycles. The van der Waals surface area contributed by atoms with E-state index in [9.17, 15) is 0 Å². The molecule has 0 amide bonds. The Labute approximate surface area is 107 Å². The van der Waals surface area contributed by atoms with Crippen LogP contribution in [0.3, 0.4) is 0 Å². The molecule has 0 aliphatic heterocycles. The zero-order valence-corrected chi connectivity index (χ0v) is 11.7. The molecular weight excluding hydrogens is 232 g/mol. The summed E-state index contributed by atoms with van der Waals surface area (Å²) in [5.41, 5.74) is 6.20. The van der Waals surface area contributed by atoms with Crippen LogP contribution in [0.2, 0.25) is 0 Å². The monoisotopic (exact) mass is 254 g/mol. The van der Waals surface area contributed by atoms with Crippen LogP contribution in [-0.2, 0) is 0 Å². The van der Waals surface area contributed by atoms with Crippen LogP contribution in [0.15, 0.2) is 0 Å². The van der Waals surface area contributed by atoms with E-state index in [-0.39, 0.29) is 6.04 Å². The maximum atomic E-state index is 6.20. The molecule has 2 unspecified atom stereocenters. The first-order valence-corrected chi connectivity index (χ1v) is 7.19. The lowest BCUT2D eigenvalue weighted by atomic mass is 9.90. The van der Waals surface area contributed by atoms with Crippen molar-refractivity contribution in [2.45, 2.75) is 57.5 Å². The molecule has 96 valence electrons. The second-order valence-corrected chi connectivity index (χ2v) is 5.95. The van der Waals surface area contributed by atoms with Crippen molar-refractivity contribution in [1.29, 1.82) is 0 Å². The van der Waals surface area contributed by atoms with Gasteiger partial charge in [0, 0.05) is 36.6 Å². The third-order valence-electron chi connectivity index (χ3n) is 3.53. The first kappa shape index (κ1) is 12.8. The van der Waals surface area contributed by atoms with Gasteiger partial charge in [-0.15, -0.1) is 0 Å². The highest BCUT2D eigenvalue weighted by molar-refractivity contribution is 7.09. The van der Waals surface area contributed by atoms with Crippen LogP contribution in [0.1, 0.15) is 51.3 Å². The van der Waals surface area contributed by atoms with Gasteiger partial charge >= 0.3 is 0 Å². The lowest BCUT2D eigenvalue weighted by Crippen LogP contribution is -2.48. The van der Waals surface area contributed by atoms with Gasteiger partial charge in [0.2, 0.25) is 5.13 Å². The molecule has 0 radical (unpaired) electrons. The summed E-state index contributed by atoms with van der Waals surface area (Å²) in [6.45, 7) is 4.25. The molecule has 0 spiro atoms. The van der Waals surface area contributed by atoms with Crippen LogP contribution in [0, 0.1) is 0 Å². The normalized spacial score (nSPS) is 25.2. The lowest BCUT2D eigenvalue weighted by Gasteiger charge is -2.35. The molecule has 2 N–H and O–H groups in total. The molecular formula is C12H22N4S. The number of nitrogens with zero attached hydrogens (tertiary/aromatic N) is 3. The summed E-state index contributed by atoms with van der Waals surface area (Å²) in [7, 11) is 2.10. The minimum Gasteiger partial charge on any atom is -0.345 e. The largest absolute Gasteiger partial charge is 0.345 e. The van der Waals surface area contributed by atoms with E-state index in [1.54, 1.807) is 0 Å². The molecule has 5 heteroatoms. The van der Waals surface area contributed by atoms with Gasteiger partial charge in [0.1, 0.15) is 5.82 Å². The zero-order chi connectivity index (χ0) is 12.4. The summed E-state index contributed by atoms with van der Waals surface area (Å²) in [6.07, 6.45) is 4.84. The van der Waals surface area contributed by atoms with Crippen LogP contribution in [-0.4, -0.2) is 28.5 Å². The summed E-state index contributed by atoms with van der Waals surface area (Å²) >= 11 is 1.49. The number of aromatic nitrogens is 2. The molecule has 0 bridgehead atoms. The van der Waals surface area contributed by atoms with Crippen LogP contribution in [0.4, 0.5) is 5.13 Å². The SMILES string of the molecule is CC(C)c1nsc(N(C)C2CCCCC2N)n1. The first-order chi connectivity index (χ1) is 8.09. The lowest BCUT2D eigenvalue weighted by molar-refractivity contribution is 0.373. The number of likely N-dealkylation sites (N-methyl/N-ethyl adjacent to an activating group) is 1. The van der Waals surface area contributed by atoms with Crippen molar-refractivity contribution in [3.8, 4) is 0 Å². The maximum absolute atomic E-state index is 6.20. The van der Waals surface area contributed by atoms with E-state index in [1.807, 2.05) is 0 Å². The van der Waals surface area contributed by atoms with Gasteiger partial charge < -0.3 is 10.6 Å². The molecule has 2 atom stereocenters. The van der Waals surface area contributed by atoms with Gasteiger partial charge in [0.25, 0.3) is 0 Å². The Hall–Kier alpha value is -0.680. The van der Waals surface area contributed by atoms with Crippen molar-refractivity contribution in [2.75, 3.05) is 11.9 Å². The Kier molecular flexibility index (Phi) is 3.99. The van der Waals surface area contributed by atoms with Gasteiger partial charge in [0.05, 0.1) is 0 Å². The van der Waals surface area contributed by atoms with Crippen molar-refractivity contribution in [2.24, 2.45) is 5.73 Å². The van der Waals surface area contributed by atoms with Gasteiger partial charge in [-0.05, 0) is 12.8 Å². The van der Waals surface area contributed by atoms with Gasteiger partial charge in [-0.3, -0.25) is 0 Å². The second-order valence-electron chi connectivity index (χ2n) is 5.22. The summed E-state index contributed by atoms with van der Waals surface area (Å²) in [4.78, 5) is 6.83. The second kappa shape index (κ2) is 5.31. The first-order valence-electron chi connectivity index (χ1n) is 6.41. The number of hydrogen-bond donors (Lipinski definition) is 1. The van der Waals surface area contributed by atoms with E-state index < -0.39 is 0 Å². The summed E-state index contributed by atoms with van der Waals surface area (Å²) in [6, 6.07) is 0.705. The van der Waals surface area contributed by atoms with Crippen LogP contribution in [0.5, 0.6) is 0 Å². The molecule has 1 saturated carbocycles. The van der Waals surface area contributed by atoms with Crippen molar-refractivity contribution >= 4 is 16.7 Å². The Balaban J connectivity index is 2.09. The molecule has 1 aliphatic carbocycles. The molecule has 1 aromatic rings. The Morgan fingerprint density at radius 1 is 1.35 bits per heavy atom. The van der Waals surface area contributed by atoms with E-state index >= 15 is 0 Å². The predicted octanol–water partition coefficient (Wildman–Crippen LogP) is 2.37. The van der Waals surface area contributed by atoms with Gasteiger partial charge in [-0.1, -0.05) is 26.7 Å². The van der Waals surface area contributed by atoms with Crippen LogP contribution >= 0.6 is 11.5 Å². The van der Waals surface area contributed by atoms with Gasteiger partial charge in [-0.2, -0.15) is 4.37 Å². The third kappa shape index (κ3) is 2.77. The average molecular weight is 254 g/mol. The number of nitrogens with two attached hydrogens (primary N) is 1. The van der Waals surface area contributed by atoms with E-state index in [0.29, 0.717) is 12.0 Å². The molecule has 17 heavy (non-hydrogen) atoms. The predicted molar refractivity (Wildman–Crippen MR) is 72.6 cm³/mol. The summed E-state index contributed by atoms with van der Waals surface area (Å²) < 4.78 is 4.40. The highest BCUT2D eigenvalue weighted by Crippen LogP contribution is 2.27. The maximum Gasteiger partial charge on any atom is 0.205 e. The average Bonchev–Trinajstić information content (AvgIpc) is 2.78. The molecule has 1 aromatic heterocycles. The Morgan fingerprint density at radius 3 is 2.65 bits per heavy atom. The Bertz CT molecular complexity index is 363. The molecule has 4 nitrogen and oxygen atoms in total. The topological polar surface area (TPSA) is 55.0 Å². The number of rotatable bonds is 3. The molecule has 1 aliphatic rings. The quantitative estimate of drug-likeness (QED) is 0.899. The van der Waals surface area contributed by atoms with E-state index in [1.165, 1.54) is 30.8 Å². The van der Waals surface area contributed by atoms with E-state index in [2.05, 4.69) is 35.2 Å².